The molecule has 1 fully saturated rings. The fraction of sp³-hybridized carbons (Fsp3) is 0.474. The normalized spacial score (nSPS) is 19.8. The van der Waals surface area contributed by atoms with Gasteiger partial charge in [0.05, 0.1) is 36.2 Å². The van der Waals surface area contributed by atoms with Crippen LogP contribution >= 0.6 is 0 Å². The standard InChI is InChI=1S/C19H24N4O3/c1-5-16-18(21-22-23(16)3)15-9-10-17(12(2)20-15)26-14-8-6-7-13(11-14)19(24)25-4/h5,9-10,13-14H,1,6-8,11H2,2-4H3/t13-,14-/m0/s1. The van der Waals surface area contributed by atoms with Crippen LogP contribution in [-0.4, -0.2) is 39.2 Å². The molecule has 1 aliphatic carbocycles. The minimum atomic E-state index is -0.150. The third kappa shape index (κ3) is 3.61. The Bertz CT molecular complexity index is 815. The minimum Gasteiger partial charge on any atom is -0.489 e. The summed E-state index contributed by atoms with van der Waals surface area (Å²) in [7, 11) is 3.25. The zero-order chi connectivity index (χ0) is 18.7. The number of aryl methyl sites for hydroxylation is 2. The number of aromatic nitrogens is 4. The smallest absolute Gasteiger partial charge is 0.308 e. The number of hydrogen-bond donors (Lipinski definition) is 0. The molecule has 2 atom stereocenters. The number of hydrogen-bond acceptors (Lipinski definition) is 6. The molecule has 2 aromatic heterocycles. The minimum absolute atomic E-state index is 0.000506. The van der Waals surface area contributed by atoms with Gasteiger partial charge in [0.25, 0.3) is 0 Å². The van der Waals surface area contributed by atoms with Crippen molar-refractivity contribution >= 4 is 12.0 Å². The maximum Gasteiger partial charge on any atom is 0.308 e. The van der Waals surface area contributed by atoms with E-state index >= 15 is 0 Å². The van der Waals surface area contributed by atoms with Gasteiger partial charge < -0.3 is 9.47 Å². The third-order valence-corrected chi connectivity index (χ3v) is 4.80. The lowest BCUT2D eigenvalue weighted by Crippen LogP contribution is -2.30. The number of carbonyl (C=O) groups excluding carboxylic acids is 1. The molecule has 0 saturated heterocycles. The zero-order valence-corrected chi connectivity index (χ0v) is 15.4. The van der Waals surface area contributed by atoms with Gasteiger partial charge in [-0.2, -0.15) is 0 Å². The molecule has 1 aliphatic rings. The summed E-state index contributed by atoms with van der Waals surface area (Å²) in [6.07, 6.45) is 5.14. The van der Waals surface area contributed by atoms with Crippen molar-refractivity contribution in [2.24, 2.45) is 13.0 Å². The van der Waals surface area contributed by atoms with Gasteiger partial charge in [-0.25, -0.2) is 9.67 Å². The molecule has 0 spiro atoms. The molecule has 0 aliphatic heterocycles. The van der Waals surface area contributed by atoms with Gasteiger partial charge in [-0.1, -0.05) is 11.8 Å². The molecular weight excluding hydrogens is 332 g/mol. The summed E-state index contributed by atoms with van der Waals surface area (Å²) in [5.41, 5.74) is 3.02. The lowest BCUT2D eigenvalue weighted by Gasteiger charge is -2.28. The van der Waals surface area contributed by atoms with E-state index < -0.39 is 0 Å². The Morgan fingerprint density at radius 1 is 1.38 bits per heavy atom. The average Bonchev–Trinajstić information content (AvgIpc) is 3.03. The number of carbonyl (C=O) groups is 1. The van der Waals surface area contributed by atoms with Crippen LogP contribution in [0.15, 0.2) is 18.7 Å². The summed E-state index contributed by atoms with van der Waals surface area (Å²) in [4.78, 5) is 16.4. The predicted octanol–water partition coefficient (Wildman–Crippen LogP) is 2.94. The Morgan fingerprint density at radius 2 is 2.19 bits per heavy atom. The predicted molar refractivity (Wildman–Crippen MR) is 97.5 cm³/mol. The monoisotopic (exact) mass is 356 g/mol. The van der Waals surface area contributed by atoms with E-state index in [0.717, 1.165) is 42.1 Å². The van der Waals surface area contributed by atoms with Crippen LogP contribution in [0.3, 0.4) is 0 Å². The molecule has 7 heteroatoms. The van der Waals surface area contributed by atoms with Crippen molar-refractivity contribution in [3.8, 4) is 17.1 Å². The van der Waals surface area contributed by atoms with Gasteiger partial charge in [-0.05, 0) is 50.8 Å². The second-order valence-corrected chi connectivity index (χ2v) is 6.56. The van der Waals surface area contributed by atoms with E-state index in [0.29, 0.717) is 12.1 Å². The number of methoxy groups -OCH3 is 1. The summed E-state index contributed by atoms with van der Waals surface area (Å²) in [6, 6.07) is 3.78. The van der Waals surface area contributed by atoms with Crippen LogP contribution in [0.2, 0.25) is 0 Å². The third-order valence-electron chi connectivity index (χ3n) is 4.80. The molecule has 26 heavy (non-hydrogen) atoms. The highest BCUT2D eigenvalue weighted by atomic mass is 16.5. The van der Waals surface area contributed by atoms with E-state index in [2.05, 4.69) is 21.9 Å². The van der Waals surface area contributed by atoms with E-state index in [-0.39, 0.29) is 18.0 Å². The van der Waals surface area contributed by atoms with Crippen molar-refractivity contribution in [3.63, 3.8) is 0 Å². The van der Waals surface area contributed by atoms with Crippen LogP contribution in [0.1, 0.15) is 37.1 Å². The number of ether oxygens (including phenoxy) is 2. The first kappa shape index (κ1) is 18.1. The summed E-state index contributed by atoms with van der Waals surface area (Å²) < 4.78 is 12.7. The van der Waals surface area contributed by atoms with Gasteiger partial charge in [0.1, 0.15) is 11.4 Å². The molecule has 1 saturated carbocycles. The van der Waals surface area contributed by atoms with Crippen LogP contribution in [-0.2, 0) is 16.6 Å². The molecule has 0 aromatic carbocycles. The molecule has 0 radical (unpaired) electrons. The van der Waals surface area contributed by atoms with Crippen molar-refractivity contribution in [1.29, 1.82) is 0 Å². The van der Waals surface area contributed by atoms with Crippen LogP contribution < -0.4 is 4.74 Å². The van der Waals surface area contributed by atoms with E-state index in [9.17, 15) is 4.79 Å². The first-order valence-electron chi connectivity index (χ1n) is 8.78. The Hall–Kier alpha value is -2.70. The highest BCUT2D eigenvalue weighted by molar-refractivity contribution is 5.72. The van der Waals surface area contributed by atoms with Crippen LogP contribution in [0.5, 0.6) is 5.75 Å². The van der Waals surface area contributed by atoms with Gasteiger partial charge in [0.15, 0.2) is 0 Å². The first-order valence-corrected chi connectivity index (χ1v) is 8.78. The second kappa shape index (κ2) is 7.68. The molecule has 0 unspecified atom stereocenters. The molecule has 0 amide bonds. The quantitative estimate of drug-likeness (QED) is 0.767. The van der Waals surface area contributed by atoms with Crippen LogP contribution in [0.25, 0.3) is 17.5 Å². The van der Waals surface area contributed by atoms with Gasteiger partial charge in [-0.3, -0.25) is 4.79 Å². The summed E-state index contributed by atoms with van der Waals surface area (Å²) >= 11 is 0. The second-order valence-electron chi connectivity index (χ2n) is 6.56. The maximum absolute atomic E-state index is 11.8. The van der Waals surface area contributed by atoms with Crippen molar-refractivity contribution in [3.05, 3.63) is 30.1 Å². The van der Waals surface area contributed by atoms with E-state index in [1.807, 2.05) is 26.1 Å². The lowest BCUT2D eigenvalue weighted by atomic mass is 9.87. The number of rotatable bonds is 5. The van der Waals surface area contributed by atoms with Crippen LogP contribution in [0, 0.1) is 12.8 Å². The SMILES string of the molecule is C=Cc1c(-c2ccc(O[C@H]3CCC[C@H](C(=O)OC)C3)c(C)n2)nnn1C. The average molecular weight is 356 g/mol. The van der Waals surface area contributed by atoms with Gasteiger partial charge in [0.2, 0.25) is 0 Å². The first-order chi connectivity index (χ1) is 12.5. The van der Waals surface area contributed by atoms with Crippen molar-refractivity contribution in [1.82, 2.24) is 20.0 Å². The molecule has 138 valence electrons. The molecule has 2 aromatic rings. The Labute approximate surface area is 153 Å². The maximum atomic E-state index is 11.8. The Kier molecular flexibility index (Phi) is 5.35. The fourth-order valence-corrected chi connectivity index (χ4v) is 3.39. The lowest BCUT2D eigenvalue weighted by molar-refractivity contribution is -0.147. The highest BCUT2D eigenvalue weighted by Crippen LogP contribution is 2.30. The molecule has 2 heterocycles. The van der Waals surface area contributed by atoms with Gasteiger partial charge in [-0.15, -0.1) is 5.10 Å². The molecular formula is C19H24N4O3. The number of pyridine rings is 1. The van der Waals surface area contributed by atoms with Gasteiger partial charge in [0, 0.05) is 7.05 Å². The molecule has 3 rings (SSSR count). The van der Waals surface area contributed by atoms with E-state index in [1.54, 1.807) is 10.8 Å². The van der Waals surface area contributed by atoms with E-state index in [1.165, 1.54) is 7.11 Å². The zero-order valence-electron chi connectivity index (χ0n) is 15.4. The molecule has 0 N–H and O–H groups in total. The van der Waals surface area contributed by atoms with Crippen LogP contribution in [0.4, 0.5) is 0 Å². The summed E-state index contributed by atoms with van der Waals surface area (Å²) in [5.74, 6) is 0.498. The summed E-state index contributed by atoms with van der Waals surface area (Å²) in [5, 5.41) is 8.19. The fourth-order valence-electron chi connectivity index (χ4n) is 3.39. The van der Waals surface area contributed by atoms with E-state index in [4.69, 9.17) is 9.47 Å². The number of nitrogens with zero attached hydrogens (tertiary/aromatic N) is 4. The van der Waals surface area contributed by atoms with Crippen molar-refractivity contribution < 1.29 is 14.3 Å². The van der Waals surface area contributed by atoms with Gasteiger partial charge >= 0.3 is 5.97 Å². The molecule has 7 nitrogen and oxygen atoms in total. The Morgan fingerprint density at radius 3 is 2.88 bits per heavy atom. The van der Waals surface area contributed by atoms with Crippen molar-refractivity contribution in [2.75, 3.05) is 7.11 Å². The topological polar surface area (TPSA) is 79.1 Å². The Balaban J connectivity index is 1.76. The highest BCUT2D eigenvalue weighted by Gasteiger charge is 2.29. The molecule has 0 bridgehead atoms. The number of esters is 1. The summed E-state index contributed by atoms with van der Waals surface area (Å²) in [6.45, 7) is 5.71. The van der Waals surface area contributed by atoms with Crippen molar-refractivity contribution in [2.45, 2.75) is 38.7 Å². The largest absolute Gasteiger partial charge is 0.489 e.